The van der Waals surface area contributed by atoms with Gasteiger partial charge in [-0.1, -0.05) is 0 Å². The molecule has 0 aromatic heterocycles. The number of hydrogen-bond acceptors (Lipinski definition) is 6. The zero-order valence-electron chi connectivity index (χ0n) is 14.5. The van der Waals surface area contributed by atoms with Gasteiger partial charge in [-0.25, -0.2) is 0 Å². The first-order valence-electron chi connectivity index (χ1n) is 8.51. The van der Waals surface area contributed by atoms with E-state index in [-0.39, 0.29) is 23.8 Å². The standard InChI is InChI=1S/C17H23N3O5/c1-12-10-19(11-13(2)25-12)17(21)14-3-4-15(16(9-14)20(22)23)18-5-7-24-8-6-18/h3-4,9,12-13H,5-8,10-11H2,1-2H3. The Kier molecular flexibility index (Phi) is 5.19. The fourth-order valence-electron chi connectivity index (χ4n) is 3.40. The van der Waals surface area contributed by atoms with Crippen LogP contribution in [0.3, 0.4) is 0 Å². The van der Waals surface area contributed by atoms with Crippen molar-refractivity contribution in [1.29, 1.82) is 0 Å². The molecular weight excluding hydrogens is 326 g/mol. The summed E-state index contributed by atoms with van der Waals surface area (Å²) in [4.78, 5) is 27.5. The Bertz CT molecular complexity index is 650. The molecule has 8 heteroatoms. The van der Waals surface area contributed by atoms with Gasteiger partial charge < -0.3 is 19.3 Å². The van der Waals surface area contributed by atoms with E-state index in [4.69, 9.17) is 9.47 Å². The first-order chi connectivity index (χ1) is 12.0. The third-order valence-corrected chi connectivity index (χ3v) is 4.48. The number of rotatable bonds is 3. The van der Waals surface area contributed by atoms with E-state index in [2.05, 4.69) is 0 Å². The van der Waals surface area contributed by atoms with Crippen molar-refractivity contribution in [2.75, 3.05) is 44.3 Å². The Hall–Kier alpha value is -2.19. The number of benzene rings is 1. The highest BCUT2D eigenvalue weighted by Gasteiger charge is 2.29. The van der Waals surface area contributed by atoms with Crippen molar-refractivity contribution in [3.8, 4) is 0 Å². The lowest BCUT2D eigenvalue weighted by atomic mass is 10.1. The number of nitro groups is 1. The first-order valence-corrected chi connectivity index (χ1v) is 8.51. The van der Waals surface area contributed by atoms with E-state index in [0.717, 1.165) is 0 Å². The summed E-state index contributed by atoms with van der Waals surface area (Å²) in [7, 11) is 0. The van der Waals surface area contributed by atoms with Crippen molar-refractivity contribution in [1.82, 2.24) is 4.90 Å². The van der Waals surface area contributed by atoms with Crippen LogP contribution in [0.15, 0.2) is 18.2 Å². The summed E-state index contributed by atoms with van der Waals surface area (Å²) >= 11 is 0. The predicted molar refractivity (Wildman–Crippen MR) is 92.0 cm³/mol. The van der Waals surface area contributed by atoms with Crippen LogP contribution in [-0.4, -0.2) is 67.3 Å². The number of amides is 1. The molecule has 0 bridgehead atoms. The summed E-state index contributed by atoms with van der Waals surface area (Å²) < 4.78 is 10.9. The number of carbonyl (C=O) groups is 1. The van der Waals surface area contributed by atoms with Gasteiger partial charge in [0.25, 0.3) is 11.6 Å². The molecule has 2 saturated heterocycles. The lowest BCUT2D eigenvalue weighted by Gasteiger charge is -2.35. The number of anilines is 1. The molecule has 0 aliphatic carbocycles. The van der Waals surface area contributed by atoms with Gasteiger partial charge in [-0.3, -0.25) is 14.9 Å². The van der Waals surface area contributed by atoms with Crippen molar-refractivity contribution >= 4 is 17.3 Å². The number of nitro benzene ring substituents is 1. The molecule has 3 rings (SSSR count). The summed E-state index contributed by atoms with van der Waals surface area (Å²) in [6, 6.07) is 4.73. The Balaban J connectivity index is 1.85. The van der Waals surface area contributed by atoms with E-state index in [1.807, 2.05) is 18.7 Å². The van der Waals surface area contributed by atoms with E-state index in [0.29, 0.717) is 50.6 Å². The molecule has 0 N–H and O–H groups in total. The van der Waals surface area contributed by atoms with Crippen molar-refractivity contribution < 1.29 is 19.2 Å². The number of ether oxygens (including phenoxy) is 2. The molecule has 8 nitrogen and oxygen atoms in total. The SMILES string of the molecule is CC1CN(C(=O)c2ccc(N3CCOCC3)c([N+](=O)[O-])c2)CC(C)O1. The highest BCUT2D eigenvalue weighted by molar-refractivity contribution is 5.96. The van der Waals surface area contributed by atoms with Gasteiger partial charge in [0.15, 0.2) is 0 Å². The van der Waals surface area contributed by atoms with Crippen molar-refractivity contribution in [2.24, 2.45) is 0 Å². The minimum atomic E-state index is -0.424. The maximum atomic E-state index is 12.8. The second-order valence-electron chi connectivity index (χ2n) is 6.53. The topological polar surface area (TPSA) is 85.2 Å². The molecule has 0 spiro atoms. The summed E-state index contributed by atoms with van der Waals surface area (Å²) in [5.41, 5.74) is 0.834. The number of carbonyl (C=O) groups excluding carboxylic acids is 1. The molecular formula is C17H23N3O5. The Morgan fingerprint density at radius 3 is 2.44 bits per heavy atom. The minimum Gasteiger partial charge on any atom is -0.378 e. The quantitative estimate of drug-likeness (QED) is 0.610. The average molecular weight is 349 g/mol. The summed E-state index contributed by atoms with van der Waals surface area (Å²) in [6.07, 6.45) is -0.0920. The predicted octanol–water partition coefficient (Wildman–Crippen LogP) is 1.68. The monoisotopic (exact) mass is 349 g/mol. The van der Waals surface area contributed by atoms with Crippen LogP contribution < -0.4 is 4.90 Å². The van der Waals surface area contributed by atoms with Gasteiger partial charge in [0.1, 0.15) is 5.69 Å². The lowest BCUT2D eigenvalue weighted by Crippen LogP contribution is -2.48. The van der Waals surface area contributed by atoms with Crippen LogP contribution in [0, 0.1) is 10.1 Å². The molecule has 2 aliphatic heterocycles. The van der Waals surface area contributed by atoms with Gasteiger partial charge >= 0.3 is 0 Å². The van der Waals surface area contributed by atoms with Crippen LogP contribution in [0.1, 0.15) is 24.2 Å². The van der Waals surface area contributed by atoms with E-state index in [1.165, 1.54) is 6.07 Å². The fraction of sp³-hybridized carbons (Fsp3) is 0.588. The van der Waals surface area contributed by atoms with Crippen LogP contribution in [-0.2, 0) is 9.47 Å². The molecule has 0 radical (unpaired) electrons. The molecule has 2 fully saturated rings. The van der Waals surface area contributed by atoms with E-state index in [9.17, 15) is 14.9 Å². The summed E-state index contributed by atoms with van der Waals surface area (Å²) in [6.45, 7) is 7.10. The van der Waals surface area contributed by atoms with Crippen LogP contribution in [0.5, 0.6) is 0 Å². The third-order valence-electron chi connectivity index (χ3n) is 4.48. The second kappa shape index (κ2) is 7.37. The highest BCUT2D eigenvalue weighted by atomic mass is 16.6. The zero-order valence-corrected chi connectivity index (χ0v) is 14.5. The zero-order chi connectivity index (χ0) is 18.0. The maximum absolute atomic E-state index is 12.8. The van der Waals surface area contributed by atoms with E-state index in [1.54, 1.807) is 17.0 Å². The molecule has 1 amide bonds. The van der Waals surface area contributed by atoms with Crippen LogP contribution >= 0.6 is 0 Å². The van der Waals surface area contributed by atoms with Gasteiger partial charge in [-0.2, -0.15) is 0 Å². The molecule has 25 heavy (non-hydrogen) atoms. The van der Waals surface area contributed by atoms with Gasteiger partial charge in [0, 0.05) is 37.8 Å². The fourth-order valence-corrected chi connectivity index (χ4v) is 3.40. The summed E-state index contributed by atoms with van der Waals surface area (Å²) in [5.74, 6) is -0.196. The number of morpholine rings is 2. The minimum absolute atomic E-state index is 0.0397. The van der Waals surface area contributed by atoms with Gasteiger partial charge in [-0.05, 0) is 26.0 Å². The molecule has 1 aromatic rings. The van der Waals surface area contributed by atoms with Gasteiger partial charge in [0.2, 0.25) is 0 Å². The highest BCUT2D eigenvalue weighted by Crippen LogP contribution is 2.30. The van der Waals surface area contributed by atoms with Crippen molar-refractivity contribution in [2.45, 2.75) is 26.1 Å². The number of nitrogens with zero attached hydrogens (tertiary/aromatic N) is 3. The van der Waals surface area contributed by atoms with Crippen molar-refractivity contribution in [3.05, 3.63) is 33.9 Å². The van der Waals surface area contributed by atoms with Gasteiger partial charge in [0.05, 0.1) is 30.3 Å². The van der Waals surface area contributed by atoms with E-state index < -0.39 is 4.92 Å². The van der Waals surface area contributed by atoms with Crippen LogP contribution in [0.4, 0.5) is 11.4 Å². The molecule has 2 atom stereocenters. The third kappa shape index (κ3) is 3.91. The average Bonchev–Trinajstić information content (AvgIpc) is 2.60. The van der Waals surface area contributed by atoms with E-state index >= 15 is 0 Å². The molecule has 2 unspecified atom stereocenters. The largest absolute Gasteiger partial charge is 0.378 e. The molecule has 2 heterocycles. The Morgan fingerprint density at radius 2 is 1.84 bits per heavy atom. The molecule has 1 aromatic carbocycles. The smallest absolute Gasteiger partial charge is 0.293 e. The summed E-state index contributed by atoms with van der Waals surface area (Å²) in [5, 5.41) is 11.5. The maximum Gasteiger partial charge on any atom is 0.293 e. The number of hydrogen-bond donors (Lipinski definition) is 0. The first kappa shape index (κ1) is 17.6. The molecule has 0 saturated carbocycles. The van der Waals surface area contributed by atoms with Crippen molar-refractivity contribution in [3.63, 3.8) is 0 Å². The van der Waals surface area contributed by atoms with Crippen LogP contribution in [0.25, 0.3) is 0 Å². The molecule has 2 aliphatic rings. The second-order valence-corrected chi connectivity index (χ2v) is 6.53. The molecule has 136 valence electrons. The van der Waals surface area contributed by atoms with Gasteiger partial charge in [-0.15, -0.1) is 0 Å². The Labute approximate surface area is 146 Å². The normalized spacial score (nSPS) is 24.2. The Morgan fingerprint density at radius 1 is 1.20 bits per heavy atom. The lowest BCUT2D eigenvalue weighted by molar-refractivity contribution is -0.384. The van der Waals surface area contributed by atoms with Crippen LogP contribution in [0.2, 0.25) is 0 Å².